The Balaban J connectivity index is 1.97. The minimum absolute atomic E-state index is 0.213. The van der Waals surface area contributed by atoms with Crippen molar-refractivity contribution in [3.05, 3.63) is 46.3 Å². The van der Waals surface area contributed by atoms with Gasteiger partial charge in [0, 0.05) is 11.6 Å². The Labute approximate surface area is 145 Å². The Morgan fingerprint density at radius 3 is 2.61 bits per heavy atom. The van der Waals surface area contributed by atoms with E-state index < -0.39 is 0 Å². The molecule has 0 unspecified atom stereocenters. The van der Waals surface area contributed by atoms with Crippen LogP contribution < -0.4 is 10.6 Å². The molecule has 0 saturated carbocycles. The van der Waals surface area contributed by atoms with Gasteiger partial charge < -0.3 is 10.6 Å². The molecule has 2 rings (SSSR count). The number of rotatable bonds is 6. The molecule has 0 saturated heterocycles. The first-order valence-electron chi connectivity index (χ1n) is 7.28. The quantitative estimate of drug-likeness (QED) is 0.803. The van der Waals surface area contributed by atoms with Gasteiger partial charge in [-0.15, -0.1) is 0 Å². The number of hydrogen-bond donors (Lipinski definition) is 2. The Kier molecular flexibility index (Phi) is 6.19. The molecule has 2 aromatic rings. The molecule has 0 atom stereocenters. The summed E-state index contributed by atoms with van der Waals surface area (Å²) in [5, 5.41) is 6.72. The highest BCUT2D eigenvalue weighted by atomic mass is 35.5. The van der Waals surface area contributed by atoms with E-state index in [4.69, 9.17) is 23.2 Å². The zero-order valence-corrected chi connectivity index (χ0v) is 14.4. The van der Waals surface area contributed by atoms with Crippen LogP contribution in [0.2, 0.25) is 10.0 Å². The molecule has 0 spiro atoms. The third kappa shape index (κ3) is 5.37. The molecule has 122 valence electrons. The van der Waals surface area contributed by atoms with E-state index in [2.05, 4.69) is 34.4 Å². The third-order valence-corrected chi connectivity index (χ3v) is 3.64. The smallest absolute Gasteiger partial charge is 0.275 e. The van der Waals surface area contributed by atoms with Gasteiger partial charge in [0.15, 0.2) is 0 Å². The first-order valence-corrected chi connectivity index (χ1v) is 8.03. The minimum Gasteiger partial charge on any atom is -0.369 e. The number of amides is 1. The van der Waals surface area contributed by atoms with Gasteiger partial charge in [-0.1, -0.05) is 37.0 Å². The van der Waals surface area contributed by atoms with Gasteiger partial charge in [-0.2, -0.15) is 0 Å². The van der Waals surface area contributed by atoms with Gasteiger partial charge in [0.25, 0.3) is 5.91 Å². The molecule has 1 aromatic carbocycles. The van der Waals surface area contributed by atoms with Gasteiger partial charge in [-0.3, -0.25) is 4.79 Å². The molecule has 7 heteroatoms. The molecule has 1 amide bonds. The summed E-state index contributed by atoms with van der Waals surface area (Å²) in [7, 11) is 0. The van der Waals surface area contributed by atoms with Crippen molar-refractivity contribution in [2.75, 3.05) is 17.2 Å². The number of hydrogen-bond acceptors (Lipinski definition) is 4. The number of aromatic nitrogens is 2. The van der Waals surface area contributed by atoms with Crippen LogP contribution in [0.3, 0.4) is 0 Å². The number of halogens is 2. The summed E-state index contributed by atoms with van der Waals surface area (Å²) in [6.07, 6.45) is 4.01. The summed E-state index contributed by atoms with van der Waals surface area (Å²) >= 11 is 11.8. The average Bonchev–Trinajstić information content (AvgIpc) is 2.50. The molecule has 0 bridgehead atoms. The van der Waals surface area contributed by atoms with E-state index in [9.17, 15) is 4.79 Å². The molecular weight excluding hydrogens is 335 g/mol. The van der Waals surface area contributed by atoms with Crippen LogP contribution in [-0.2, 0) is 0 Å². The van der Waals surface area contributed by atoms with Crippen molar-refractivity contribution in [3.63, 3.8) is 0 Å². The fraction of sp³-hybridized carbons (Fsp3) is 0.312. The highest BCUT2D eigenvalue weighted by Crippen LogP contribution is 2.25. The van der Waals surface area contributed by atoms with Gasteiger partial charge in [-0.05, 0) is 30.5 Å². The maximum absolute atomic E-state index is 12.1. The predicted octanol–water partition coefficient (Wildman–Crippen LogP) is 4.49. The van der Waals surface area contributed by atoms with E-state index in [0.717, 1.165) is 13.0 Å². The third-order valence-electron chi connectivity index (χ3n) is 3.09. The van der Waals surface area contributed by atoms with E-state index in [1.165, 1.54) is 6.20 Å². The van der Waals surface area contributed by atoms with E-state index in [-0.39, 0.29) is 11.6 Å². The molecule has 2 N–H and O–H groups in total. The maximum Gasteiger partial charge on any atom is 0.275 e. The van der Waals surface area contributed by atoms with Crippen molar-refractivity contribution < 1.29 is 4.79 Å². The Bertz CT molecular complexity index is 674. The number of nitrogens with one attached hydrogen (secondary N) is 2. The second-order valence-electron chi connectivity index (χ2n) is 5.47. The number of benzene rings is 1. The zero-order valence-electron chi connectivity index (χ0n) is 12.9. The standard InChI is InChI=1S/C16H18Cl2N4O/c1-10(2)5-6-19-15-9-20-14(8-21-15)16(23)22-13-4-3-11(17)7-12(13)18/h3-4,7-10H,5-6H2,1-2H3,(H,19,21)(H,22,23). The first-order chi connectivity index (χ1) is 11.0. The maximum atomic E-state index is 12.1. The summed E-state index contributed by atoms with van der Waals surface area (Å²) in [6, 6.07) is 4.85. The number of carbonyl (C=O) groups is 1. The minimum atomic E-state index is -0.379. The lowest BCUT2D eigenvalue weighted by Crippen LogP contribution is -2.15. The molecule has 1 heterocycles. The van der Waals surface area contributed by atoms with E-state index in [1.807, 2.05) is 0 Å². The van der Waals surface area contributed by atoms with Crippen LogP contribution in [0.4, 0.5) is 11.5 Å². The monoisotopic (exact) mass is 352 g/mol. The summed E-state index contributed by atoms with van der Waals surface area (Å²) < 4.78 is 0. The van der Waals surface area contributed by atoms with Crippen molar-refractivity contribution in [3.8, 4) is 0 Å². The van der Waals surface area contributed by atoms with Crippen LogP contribution in [0, 0.1) is 5.92 Å². The number of nitrogens with zero attached hydrogens (tertiary/aromatic N) is 2. The largest absolute Gasteiger partial charge is 0.369 e. The van der Waals surface area contributed by atoms with E-state index >= 15 is 0 Å². The zero-order chi connectivity index (χ0) is 16.8. The SMILES string of the molecule is CC(C)CCNc1cnc(C(=O)Nc2ccc(Cl)cc2Cl)cn1. The second-order valence-corrected chi connectivity index (χ2v) is 6.32. The molecule has 0 radical (unpaired) electrons. The molecule has 0 aliphatic carbocycles. The normalized spacial score (nSPS) is 10.7. The summed E-state index contributed by atoms with van der Waals surface area (Å²) in [6.45, 7) is 5.13. The lowest BCUT2D eigenvalue weighted by molar-refractivity contribution is 0.102. The number of anilines is 2. The highest BCUT2D eigenvalue weighted by Gasteiger charge is 2.11. The van der Waals surface area contributed by atoms with Crippen molar-refractivity contribution in [1.29, 1.82) is 0 Å². The molecule has 0 aliphatic heterocycles. The van der Waals surface area contributed by atoms with Crippen molar-refractivity contribution in [1.82, 2.24) is 9.97 Å². The Hall–Kier alpha value is -1.85. The van der Waals surface area contributed by atoms with Crippen molar-refractivity contribution in [2.24, 2.45) is 5.92 Å². The van der Waals surface area contributed by atoms with E-state index in [0.29, 0.717) is 27.5 Å². The first kappa shape index (κ1) is 17.5. The highest BCUT2D eigenvalue weighted by molar-refractivity contribution is 6.36. The van der Waals surface area contributed by atoms with Gasteiger partial charge in [-0.25, -0.2) is 9.97 Å². The molecule has 23 heavy (non-hydrogen) atoms. The topological polar surface area (TPSA) is 66.9 Å². The predicted molar refractivity (Wildman–Crippen MR) is 94.4 cm³/mol. The Morgan fingerprint density at radius 1 is 1.22 bits per heavy atom. The summed E-state index contributed by atoms with van der Waals surface area (Å²) in [4.78, 5) is 20.4. The van der Waals surface area contributed by atoms with Crippen LogP contribution in [-0.4, -0.2) is 22.4 Å². The van der Waals surface area contributed by atoms with Gasteiger partial charge in [0.2, 0.25) is 0 Å². The van der Waals surface area contributed by atoms with Gasteiger partial charge in [0.1, 0.15) is 11.5 Å². The summed E-state index contributed by atoms with van der Waals surface area (Å²) in [5.74, 6) is 0.881. The molecule has 0 fully saturated rings. The summed E-state index contributed by atoms with van der Waals surface area (Å²) in [5.41, 5.74) is 0.687. The lowest BCUT2D eigenvalue weighted by Gasteiger charge is -2.09. The molecule has 1 aromatic heterocycles. The molecular formula is C16H18Cl2N4O. The van der Waals surface area contributed by atoms with E-state index in [1.54, 1.807) is 24.4 Å². The van der Waals surface area contributed by atoms with Crippen LogP contribution in [0.15, 0.2) is 30.6 Å². The fourth-order valence-corrected chi connectivity index (χ4v) is 2.26. The van der Waals surface area contributed by atoms with Crippen molar-refractivity contribution >= 4 is 40.6 Å². The van der Waals surface area contributed by atoms with Crippen LogP contribution in [0.25, 0.3) is 0 Å². The molecule has 0 aliphatic rings. The fourth-order valence-electron chi connectivity index (χ4n) is 1.80. The van der Waals surface area contributed by atoms with Gasteiger partial charge in [0.05, 0.1) is 23.1 Å². The average molecular weight is 353 g/mol. The lowest BCUT2D eigenvalue weighted by atomic mass is 10.1. The molecule has 5 nitrogen and oxygen atoms in total. The van der Waals surface area contributed by atoms with Crippen LogP contribution >= 0.6 is 23.2 Å². The Morgan fingerprint density at radius 2 is 2.00 bits per heavy atom. The van der Waals surface area contributed by atoms with Crippen LogP contribution in [0.1, 0.15) is 30.8 Å². The van der Waals surface area contributed by atoms with Crippen molar-refractivity contribution in [2.45, 2.75) is 20.3 Å². The number of carbonyl (C=O) groups excluding carboxylic acids is 1. The van der Waals surface area contributed by atoms with Gasteiger partial charge >= 0.3 is 0 Å². The second kappa shape index (κ2) is 8.13. The van der Waals surface area contributed by atoms with Crippen LogP contribution in [0.5, 0.6) is 0 Å².